The largest absolute Gasteiger partial charge is 0.497 e. The predicted molar refractivity (Wildman–Crippen MR) is 113 cm³/mol. The second kappa shape index (κ2) is 12.1. The third-order valence-corrected chi connectivity index (χ3v) is 4.91. The molecule has 2 N–H and O–H groups in total. The van der Waals surface area contributed by atoms with Crippen molar-refractivity contribution in [3.63, 3.8) is 0 Å². The lowest BCUT2D eigenvalue weighted by Gasteiger charge is -2.24. The zero-order valence-electron chi connectivity index (χ0n) is 17.6. The fourth-order valence-corrected chi connectivity index (χ4v) is 3.29. The Bertz CT molecular complexity index is 809. The van der Waals surface area contributed by atoms with Gasteiger partial charge in [-0.1, -0.05) is 0 Å². The number of alkyl halides is 2. The summed E-state index contributed by atoms with van der Waals surface area (Å²) in [6.07, 6.45) is 5.67. The molecular formula is C22H29F2N3O4. The highest BCUT2D eigenvalue weighted by atomic mass is 19.3. The summed E-state index contributed by atoms with van der Waals surface area (Å²) in [5, 5.41) is 6.55. The van der Waals surface area contributed by atoms with Crippen molar-refractivity contribution in [1.29, 1.82) is 0 Å². The smallest absolute Gasteiger partial charge is 0.387 e. The third kappa shape index (κ3) is 7.75. The Labute approximate surface area is 180 Å². The van der Waals surface area contributed by atoms with Crippen molar-refractivity contribution in [2.75, 3.05) is 26.8 Å². The summed E-state index contributed by atoms with van der Waals surface area (Å²) in [6, 6.07) is 8.43. The summed E-state index contributed by atoms with van der Waals surface area (Å²) in [5.41, 5.74) is 0.501. The van der Waals surface area contributed by atoms with Crippen LogP contribution in [-0.2, 0) is 17.7 Å². The zero-order chi connectivity index (χ0) is 21.9. The van der Waals surface area contributed by atoms with Crippen molar-refractivity contribution in [3.8, 4) is 11.5 Å². The van der Waals surface area contributed by atoms with Crippen LogP contribution in [0, 0.1) is 0 Å². The molecule has 1 aromatic carbocycles. The topological polar surface area (TPSA) is 77.2 Å². The van der Waals surface area contributed by atoms with Gasteiger partial charge >= 0.3 is 6.61 Å². The second-order valence-corrected chi connectivity index (χ2v) is 7.14. The van der Waals surface area contributed by atoms with Crippen molar-refractivity contribution in [2.24, 2.45) is 4.99 Å². The fraction of sp³-hybridized carbons (Fsp3) is 0.500. The predicted octanol–water partition coefficient (Wildman–Crippen LogP) is 3.74. The summed E-state index contributed by atoms with van der Waals surface area (Å²) in [6.45, 7) is -0.790. The van der Waals surface area contributed by atoms with E-state index in [-0.39, 0.29) is 18.4 Å². The molecule has 1 aliphatic heterocycles. The minimum Gasteiger partial charge on any atom is -0.497 e. The molecule has 1 atom stereocenters. The van der Waals surface area contributed by atoms with E-state index in [0.29, 0.717) is 36.8 Å². The van der Waals surface area contributed by atoms with Crippen LogP contribution in [0.2, 0.25) is 0 Å². The molecule has 7 nitrogen and oxygen atoms in total. The van der Waals surface area contributed by atoms with Crippen LogP contribution in [0.25, 0.3) is 0 Å². The molecule has 0 radical (unpaired) electrons. The van der Waals surface area contributed by atoms with Gasteiger partial charge in [0.2, 0.25) is 0 Å². The molecule has 1 fully saturated rings. The number of nitrogens with zero attached hydrogens (tertiary/aromatic N) is 1. The monoisotopic (exact) mass is 437 g/mol. The van der Waals surface area contributed by atoms with Crippen LogP contribution in [-0.4, -0.2) is 45.5 Å². The molecule has 0 spiro atoms. The van der Waals surface area contributed by atoms with E-state index < -0.39 is 6.61 Å². The van der Waals surface area contributed by atoms with Crippen LogP contribution >= 0.6 is 0 Å². The van der Waals surface area contributed by atoms with E-state index in [1.54, 1.807) is 18.4 Å². The average Bonchev–Trinajstić information content (AvgIpc) is 3.30. The Morgan fingerprint density at radius 1 is 1.26 bits per heavy atom. The van der Waals surface area contributed by atoms with E-state index in [1.165, 1.54) is 13.2 Å². The van der Waals surface area contributed by atoms with Crippen LogP contribution < -0.4 is 20.1 Å². The van der Waals surface area contributed by atoms with E-state index in [9.17, 15) is 8.78 Å². The molecule has 170 valence electrons. The molecule has 0 bridgehead atoms. The van der Waals surface area contributed by atoms with Crippen molar-refractivity contribution in [2.45, 2.75) is 44.9 Å². The number of furan rings is 1. The van der Waals surface area contributed by atoms with Crippen molar-refractivity contribution >= 4 is 5.96 Å². The summed E-state index contributed by atoms with van der Waals surface area (Å²) >= 11 is 0. The Balaban J connectivity index is 1.67. The van der Waals surface area contributed by atoms with Gasteiger partial charge in [0.1, 0.15) is 17.3 Å². The lowest BCUT2D eigenvalue weighted by molar-refractivity contribution is -0.0504. The molecule has 0 amide bonds. The maximum atomic E-state index is 12.8. The number of nitrogens with one attached hydrogen (secondary N) is 2. The quantitative estimate of drug-likeness (QED) is 0.436. The SMILES string of the molecule is COc1ccc(OC(F)F)c(CN=C(NCCc2ccco2)NCC2CCCCO2)c1. The van der Waals surface area contributed by atoms with Crippen LogP contribution in [0.1, 0.15) is 30.6 Å². The molecule has 1 aliphatic rings. The average molecular weight is 437 g/mol. The first kappa shape index (κ1) is 22.9. The maximum absolute atomic E-state index is 12.8. The molecule has 1 unspecified atom stereocenters. The second-order valence-electron chi connectivity index (χ2n) is 7.14. The first-order valence-electron chi connectivity index (χ1n) is 10.4. The van der Waals surface area contributed by atoms with Crippen LogP contribution in [0.5, 0.6) is 11.5 Å². The molecule has 1 saturated heterocycles. The number of hydrogen-bond donors (Lipinski definition) is 2. The van der Waals surface area contributed by atoms with Crippen molar-refractivity contribution < 1.29 is 27.4 Å². The van der Waals surface area contributed by atoms with Gasteiger partial charge in [-0.15, -0.1) is 0 Å². The van der Waals surface area contributed by atoms with E-state index in [0.717, 1.165) is 31.6 Å². The highest BCUT2D eigenvalue weighted by molar-refractivity contribution is 5.79. The van der Waals surface area contributed by atoms with Gasteiger partial charge in [0, 0.05) is 31.7 Å². The van der Waals surface area contributed by atoms with Crippen molar-refractivity contribution in [3.05, 3.63) is 47.9 Å². The van der Waals surface area contributed by atoms with Crippen molar-refractivity contribution in [1.82, 2.24) is 10.6 Å². The molecule has 1 aromatic heterocycles. The van der Waals surface area contributed by atoms with E-state index >= 15 is 0 Å². The van der Waals surface area contributed by atoms with E-state index in [1.807, 2.05) is 12.1 Å². The number of hydrogen-bond acceptors (Lipinski definition) is 5. The molecule has 0 saturated carbocycles. The van der Waals surface area contributed by atoms with Gasteiger partial charge in [0.15, 0.2) is 5.96 Å². The zero-order valence-corrected chi connectivity index (χ0v) is 17.6. The summed E-state index contributed by atoms with van der Waals surface area (Å²) in [4.78, 5) is 4.57. The maximum Gasteiger partial charge on any atom is 0.387 e. The van der Waals surface area contributed by atoms with Crippen LogP contribution in [0.4, 0.5) is 8.78 Å². The summed E-state index contributed by atoms with van der Waals surface area (Å²) in [7, 11) is 1.52. The van der Waals surface area contributed by atoms with Gasteiger partial charge in [-0.2, -0.15) is 8.78 Å². The normalized spacial score (nSPS) is 16.9. The molecule has 31 heavy (non-hydrogen) atoms. The minimum absolute atomic E-state index is 0.0742. The summed E-state index contributed by atoms with van der Waals surface area (Å²) < 4.78 is 46.5. The number of ether oxygens (including phenoxy) is 3. The van der Waals surface area contributed by atoms with E-state index in [4.69, 9.17) is 13.9 Å². The van der Waals surface area contributed by atoms with Gasteiger partial charge < -0.3 is 29.3 Å². The molecule has 9 heteroatoms. The van der Waals surface area contributed by atoms with Gasteiger partial charge in [0.25, 0.3) is 0 Å². The van der Waals surface area contributed by atoms with Crippen LogP contribution in [0.15, 0.2) is 46.0 Å². The van der Waals surface area contributed by atoms with Gasteiger partial charge in [-0.05, 0) is 49.6 Å². The Morgan fingerprint density at radius 3 is 2.87 bits per heavy atom. The van der Waals surface area contributed by atoms with E-state index in [2.05, 4.69) is 20.4 Å². The molecule has 0 aliphatic carbocycles. The number of aliphatic imine (C=N–C) groups is 1. The highest BCUT2D eigenvalue weighted by Gasteiger charge is 2.15. The Kier molecular flexibility index (Phi) is 8.96. The first-order valence-corrected chi connectivity index (χ1v) is 10.4. The summed E-state index contributed by atoms with van der Waals surface area (Å²) in [5.74, 6) is 2.04. The van der Waals surface area contributed by atoms with Crippen LogP contribution in [0.3, 0.4) is 0 Å². The number of rotatable bonds is 10. The lowest BCUT2D eigenvalue weighted by Crippen LogP contribution is -2.43. The molecule has 3 rings (SSSR count). The third-order valence-electron chi connectivity index (χ3n) is 4.91. The number of benzene rings is 1. The van der Waals surface area contributed by atoms with Gasteiger partial charge in [-0.3, -0.25) is 0 Å². The Morgan fingerprint density at radius 2 is 2.16 bits per heavy atom. The minimum atomic E-state index is -2.91. The van der Waals surface area contributed by atoms with Gasteiger partial charge in [0.05, 0.1) is 26.0 Å². The number of guanidine groups is 1. The van der Waals surface area contributed by atoms with Gasteiger partial charge in [-0.25, -0.2) is 4.99 Å². The fourth-order valence-electron chi connectivity index (χ4n) is 3.29. The standard InChI is InChI=1S/C22H29F2N3O4/c1-28-18-7-8-20(31-21(23)24)16(13-18)14-26-22(25-10-9-17-6-4-12-29-17)27-15-19-5-2-3-11-30-19/h4,6-8,12-13,19,21H,2-3,5,9-11,14-15H2,1H3,(H2,25,26,27). The highest BCUT2D eigenvalue weighted by Crippen LogP contribution is 2.26. The molecule has 2 aromatic rings. The molecule has 2 heterocycles. The number of methoxy groups -OCH3 is 1. The number of halogens is 2. The lowest BCUT2D eigenvalue weighted by atomic mass is 10.1. The first-order chi connectivity index (χ1) is 15.1. The Hall–Kier alpha value is -2.81. The molecular weight excluding hydrogens is 408 g/mol.